The first-order chi connectivity index (χ1) is 19.5. The summed E-state index contributed by atoms with van der Waals surface area (Å²) in [7, 11) is 3.30. The Hall–Kier alpha value is -4.46. The fourth-order valence-corrected chi connectivity index (χ4v) is 4.84. The van der Waals surface area contributed by atoms with E-state index in [0.29, 0.717) is 40.6 Å². The van der Waals surface area contributed by atoms with Crippen molar-refractivity contribution in [3.63, 3.8) is 0 Å². The molecule has 13 heteroatoms. The number of aromatic nitrogens is 3. The molecular formula is C28H33N7O5S. The Morgan fingerprint density at radius 1 is 1.12 bits per heavy atom. The minimum absolute atomic E-state index is 0.270. The Kier molecular flexibility index (Phi) is 8.91. The molecule has 1 amide bonds. The van der Waals surface area contributed by atoms with Crippen LogP contribution in [0.2, 0.25) is 0 Å². The number of nitrogens with zero attached hydrogens (tertiary/aromatic N) is 5. The smallest absolute Gasteiger partial charge is 0.269 e. The van der Waals surface area contributed by atoms with Crippen LogP contribution in [0.4, 0.5) is 23.0 Å². The van der Waals surface area contributed by atoms with E-state index in [2.05, 4.69) is 32.1 Å². The Labute approximate surface area is 239 Å². The van der Waals surface area contributed by atoms with Gasteiger partial charge in [-0.25, -0.2) is 4.98 Å². The SMILES string of the molecule is C=CC(=O)Nc1cc(Nc2nccc(-n3ccc4ccc(CS(=O)(=O)O)cc43)n2)c(OC)cc1N(C)CCN(C)C. The molecule has 3 N–H and O–H groups in total. The summed E-state index contributed by atoms with van der Waals surface area (Å²) in [4.78, 5) is 25.3. The molecule has 41 heavy (non-hydrogen) atoms. The lowest BCUT2D eigenvalue weighted by molar-refractivity contribution is -0.111. The van der Waals surface area contributed by atoms with Gasteiger partial charge in [-0.05, 0) is 50.0 Å². The van der Waals surface area contributed by atoms with Gasteiger partial charge in [0.2, 0.25) is 11.9 Å². The van der Waals surface area contributed by atoms with Gasteiger partial charge >= 0.3 is 0 Å². The number of hydrogen-bond donors (Lipinski definition) is 3. The topological polar surface area (TPSA) is 142 Å². The van der Waals surface area contributed by atoms with Crippen molar-refractivity contribution in [2.75, 3.05) is 56.9 Å². The van der Waals surface area contributed by atoms with Crippen molar-refractivity contribution < 1.29 is 22.5 Å². The number of benzene rings is 2. The zero-order valence-corrected chi connectivity index (χ0v) is 24.1. The summed E-state index contributed by atoms with van der Waals surface area (Å²) < 4.78 is 39.5. The van der Waals surface area contributed by atoms with Gasteiger partial charge in [0.05, 0.1) is 29.7 Å². The summed E-state index contributed by atoms with van der Waals surface area (Å²) in [5.41, 5.74) is 3.01. The highest BCUT2D eigenvalue weighted by molar-refractivity contribution is 7.85. The van der Waals surface area contributed by atoms with E-state index in [0.717, 1.165) is 17.6 Å². The van der Waals surface area contributed by atoms with E-state index in [1.54, 1.807) is 48.2 Å². The Morgan fingerprint density at radius 3 is 2.59 bits per heavy atom. The molecule has 4 rings (SSSR count). The van der Waals surface area contributed by atoms with E-state index in [-0.39, 0.29) is 11.9 Å². The van der Waals surface area contributed by atoms with Crippen molar-refractivity contribution >= 4 is 49.9 Å². The highest BCUT2D eigenvalue weighted by Gasteiger charge is 2.17. The van der Waals surface area contributed by atoms with Gasteiger partial charge in [-0.1, -0.05) is 18.7 Å². The van der Waals surface area contributed by atoms with Gasteiger partial charge in [0.1, 0.15) is 17.3 Å². The molecule has 0 spiro atoms. The van der Waals surface area contributed by atoms with Crippen molar-refractivity contribution in [2.24, 2.45) is 0 Å². The number of fused-ring (bicyclic) bond motifs is 1. The highest BCUT2D eigenvalue weighted by Crippen LogP contribution is 2.38. The predicted octanol–water partition coefficient (Wildman–Crippen LogP) is 3.68. The van der Waals surface area contributed by atoms with Crippen LogP contribution in [0.15, 0.2) is 67.5 Å². The maximum atomic E-state index is 12.2. The lowest BCUT2D eigenvalue weighted by Gasteiger charge is -2.26. The number of ether oxygens (including phenoxy) is 1. The van der Waals surface area contributed by atoms with Gasteiger partial charge in [-0.15, -0.1) is 0 Å². The van der Waals surface area contributed by atoms with Crippen LogP contribution >= 0.6 is 0 Å². The second-order valence-electron chi connectivity index (χ2n) is 9.66. The zero-order chi connectivity index (χ0) is 29.7. The lowest BCUT2D eigenvalue weighted by atomic mass is 10.2. The maximum absolute atomic E-state index is 12.2. The molecule has 0 saturated carbocycles. The average molecular weight is 580 g/mol. The molecule has 0 fully saturated rings. The molecule has 0 aliphatic carbocycles. The summed E-state index contributed by atoms with van der Waals surface area (Å²) in [5, 5.41) is 6.93. The third kappa shape index (κ3) is 7.39. The number of carbonyl (C=O) groups excluding carboxylic acids is 1. The monoisotopic (exact) mass is 579 g/mol. The number of rotatable bonds is 12. The second kappa shape index (κ2) is 12.4. The van der Waals surface area contributed by atoms with Crippen LogP contribution in [0.5, 0.6) is 5.75 Å². The van der Waals surface area contributed by atoms with Crippen LogP contribution in [0.3, 0.4) is 0 Å². The summed E-state index contributed by atoms with van der Waals surface area (Å²) in [6.45, 7) is 5.07. The molecule has 4 aromatic rings. The van der Waals surface area contributed by atoms with Crippen molar-refractivity contribution in [3.05, 3.63) is 73.1 Å². The first-order valence-corrected chi connectivity index (χ1v) is 14.2. The number of carbonyl (C=O) groups is 1. The summed E-state index contributed by atoms with van der Waals surface area (Å²) >= 11 is 0. The molecule has 2 aromatic carbocycles. The zero-order valence-electron chi connectivity index (χ0n) is 23.3. The van der Waals surface area contributed by atoms with Crippen LogP contribution in [0, 0.1) is 0 Å². The largest absolute Gasteiger partial charge is 0.494 e. The van der Waals surface area contributed by atoms with E-state index >= 15 is 0 Å². The quantitative estimate of drug-likeness (QED) is 0.168. The minimum Gasteiger partial charge on any atom is -0.494 e. The van der Waals surface area contributed by atoms with Gasteiger partial charge in [-0.2, -0.15) is 13.4 Å². The fraction of sp³-hybridized carbons (Fsp3) is 0.250. The van der Waals surface area contributed by atoms with E-state index in [9.17, 15) is 17.8 Å². The van der Waals surface area contributed by atoms with Crippen molar-refractivity contribution in [3.8, 4) is 11.6 Å². The molecule has 0 saturated heterocycles. The van der Waals surface area contributed by atoms with Crippen LogP contribution < -0.4 is 20.3 Å². The number of nitrogens with one attached hydrogen (secondary N) is 2. The minimum atomic E-state index is -4.18. The van der Waals surface area contributed by atoms with Gasteiger partial charge in [0.25, 0.3) is 10.1 Å². The highest BCUT2D eigenvalue weighted by atomic mass is 32.2. The van der Waals surface area contributed by atoms with Crippen LogP contribution in [-0.4, -0.2) is 79.7 Å². The summed E-state index contributed by atoms with van der Waals surface area (Å²) in [6.07, 6.45) is 4.61. The van der Waals surface area contributed by atoms with E-state index < -0.39 is 15.9 Å². The van der Waals surface area contributed by atoms with Gasteiger partial charge < -0.3 is 29.7 Å². The standard InChI is InChI=1S/C28H33N7O5S/c1-6-27(36)30-21-16-22(25(40-5)17-24(21)34(4)14-13-33(2)3)31-28-29-11-9-26(32-28)35-12-10-20-8-7-19(15-23(20)35)18-41(37,38)39/h6-12,15-17H,1,13-14,18H2,2-5H3,(H,30,36)(H,29,31,32)(H,37,38,39). The van der Waals surface area contributed by atoms with E-state index in [4.69, 9.17) is 4.74 Å². The molecule has 216 valence electrons. The summed E-state index contributed by atoms with van der Waals surface area (Å²) in [5.74, 6) is 0.473. The summed E-state index contributed by atoms with van der Waals surface area (Å²) in [6, 6.07) is 12.3. The van der Waals surface area contributed by atoms with Crippen molar-refractivity contribution in [1.29, 1.82) is 0 Å². The van der Waals surface area contributed by atoms with Crippen LogP contribution in [0.25, 0.3) is 16.7 Å². The van der Waals surface area contributed by atoms with E-state index in [1.807, 2.05) is 44.4 Å². The Morgan fingerprint density at radius 2 is 1.90 bits per heavy atom. The third-order valence-corrected chi connectivity index (χ3v) is 6.99. The molecule has 0 aliphatic heterocycles. The van der Waals surface area contributed by atoms with Crippen molar-refractivity contribution in [1.82, 2.24) is 19.4 Å². The first-order valence-electron chi connectivity index (χ1n) is 12.6. The van der Waals surface area contributed by atoms with E-state index in [1.165, 1.54) is 6.08 Å². The first kappa shape index (κ1) is 29.5. The number of likely N-dealkylation sites (N-methyl/N-ethyl adjacent to an activating group) is 2. The molecule has 0 aliphatic rings. The van der Waals surface area contributed by atoms with Gasteiger partial charge in [-0.3, -0.25) is 9.35 Å². The molecule has 2 heterocycles. The van der Waals surface area contributed by atoms with Gasteiger partial charge in [0.15, 0.2) is 0 Å². The molecule has 0 unspecified atom stereocenters. The molecule has 2 aromatic heterocycles. The molecule has 0 radical (unpaired) electrons. The molecule has 0 bridgehead atoms. The molecule has 12 nitrogen and oxygen atoms in total. The third-order valence-electron chi connectivity index (χ3n) is 6.30. The van der Waals surface area contributed by atoms with Crippen LogP contribution in [0.1, 0.15) is 5.56 Å². The lowest BCUT2D eigenvalue weighted by Crippen LogP contribution is -2.29. The number of hydrogen-bond acceptors (Lipinski definition) is 9. The molecule has 0 atom stereocenters. The Balaban J connectivity index is 1.70. The number of anilines is 4. The number of amides is 1. The second-order valence-corrected chi connectivity index (χ2v) is 11.1. The Bertz CT molecular complexity index is 1680. The maximum Gasteiger partial charge on any atom is 0.269 e. The molecular weight excluding hydrogens is 546 g/mol. The van der Waals surface area contributed by atoms with Gasteiger partial charge in [0, 0.05) is 44.0 Å². The normalized spacial score (nSPS) is 11.5. The predicted molar refractivity (Wildman–Crippen MR) is 161 cm³/mol. The number of methoxy groups -OCH3 is 1. The van der Waals surface area contributed by atoms with Crippen molar-refractivity contribution in [2.45, 2.75) is 5.75 Å². The van der Waals surface area contributed by atoms with Crippen LogP contribution in [-0.2, 0) is 20.7 Å². The fourth-order valence-electron chi connectivity index (χ4n) is 4.24. The average Bonchev–Trinajstić information content (AvgIpc) is 3.34.